The van der Waals surface area contributed by atoms with E-state index in [0.29, 0.717) is 11.1 Å². The van der Waals surface area contributed by atoms with Crippen LogP contribution < -0.4 is 5.32 Å². The van der Waals surface area contributed by atoms with Gasteiger partial charge >= 0.3 is 5.97 Å². The van der Waals surface area contributed by atoms with Gasteiger partial charge in [0, 0.05) is 12.2 Å². The second-order valence-electron chi connectivity index (χ2n) is 4.98. The first kappa shape index (κ1) is 16.5. The van der Waals surface area contributed by atoms with Crippen molar-refractivity contribution in [3.63, 3.8) is 0 Å². The van der Waals surface area contributed by atoms with E-state index in [2.05, 4.69) is 5.32 Å². The van der Waals surface area contributed by atoms with Crippen molar-refractivity contribution in [3.8, 4) is 0 Å². The Balaban J connectivity index is 2.25. The fourth-order valence-electron chi connectivity index (χ4n) is 2.22. The smallest absolute Gasteiger partial charge is 0.328 e. The molecule has 1 amide bonds. The molecule has 0 radical (unpaired) electrons. The lowest BCUT2D eigenvalue weighted by Gasteiger charge is -2.29. The molecule has 5 heteroatoms. The Morgan fingerprint density at radius 1 is 0.913 bits per heavy atom. The molecule has 0 aliphatic heterocycles. The van der Waals surface area contributed by atoms with Gasteiger partial charge in [0.2, 0.25) is 5.91 Å². The van der Waals surface area contributed by atoms with Crippen molar-refractivity contribution in [2.24, 2.45) is 0 Å². The molecule has 0 spiro atoms. The molecule has 0 atom stereocenters. The Kier molecular flexibility index (Phi) is 5.28. The van der Waals surface area contributed by atoms with Crippen LogP contribution in [0.2, 0.25) is 0 Å². The number of carboxylic acid groups (broad SMARTS) is 1. The molecule has 0 aliphatic rings. The number of aliphatic carboxylic acids is 1. The minimum absolute atomic E-state index is 0.0795. The van der Waals surface area contributed by atoms with E-state index in [1.807, 2.05) is 12.1 Å². The van der Waals surface area contributed by atoms with Gasteiger partial charge in [-0.3, -0.25) is 4.79 Å². The van der Waals surface area contributed by atoms with Gasteiger partial charge in [-0.05, 0) is 11.1 Å². The van der Waals surface area contributed by atoms with Crippen LogP contribution in [0.4, 0.5) is 0 Å². The molecule has 2 aromatic rings. The number of nitrogens with one attached hydrogen (secondary N) is 1. The van der Waals surface area contributed by atoms with Crippen LogP contribution in [0, 0.1) is 0 Å². The van der Waals surface area contributed by atoms with Crippen molar-refractivity contribution in [2.75, 3.05) is 6.54 Å². The fraction of sp³-hybridized carbons (Fsp3) is 0.111. The van der Waals surface area contributed by atoms with Gasteiger partial charge in [0.1, 0.15) is 5.60 Å². The minimum Gasteiger partial charge on any atom is -0.478 e. The van der Waals surface area contributed by atoms with Gasteiger partial charge in [-0.2, -0.15) is 0 Å². The summed E-state index contributed by atoms with van der Waals surface area (Å²) in [5.74, 6) is -1.79. The summed E-state index contributed by atoms with van der Waals surface area (Å²) in [5.41, 5.74) is -0.141. The molecule has 2 rings (SSSR count). The maximum Gasteiger partial charge on any atom is 0.328 e. The van der Waals surface area contributed by atoms with E-state index in [1.165, 1.54) is 0 Å². The van der Waals surface area contributed by atoms with Crippen LogP contribution in [0.25, 0.3) is 0 Å². The van der Waals surface area contributed by atoms with Gasteiger partial charge < -0.3 is 15.5 Å². The average Bonchev–Trinajstić information content (AvgIpc) is 2.59. The molecule has 0 heterocycles. The average molecular weight is 311 g/mol. The fourth-order valence-corrected chi connectivity index (χ4v) is 2.22. The Bertz CT molecular complexity index is 656. The molecular weight excluding hydrogens is 294 g/mol. The van der Waals surface area contributed by atoms with E-state index in [-0.39, 0.29) is 6.54 Å². The minimum atomic E-state index is -1.41. The molecule has 0 fully saturated rings. The zero-order valence-electron chi connectivity index (χ0n) is 12.3. The number of amides is 1. The molecular formula is C18H17NO4. The van der Waals surface area contributed by atoms with Crippen molar-refractivity contribution in [1.29, 1.82) is 0 Å². The molecule has 0 saturated heterocycles. The third kappa shape index (κ3) is 4.28. The third-order valence-corrected chi connectivity index (χ3v) is 3.40. The zero-order valence-corrected chi connectivity index (χ0v) is 12.3. The van der Waals surface area contributed by atoms with E-state index in [9.17, 15) is 14.7 Å². The highest BCUT2D eigenvalue weighted by atomic mass is 16.4. The first-order chi connectivity index (χ1) is 11.0. The van der Waals surface area contributed by atoms with E-state index < -0.39 is 17.5 Å². The Morgan fingerprint density at radius 3 is 1.83 bits per heavy atom. The summed E-state index contributed by atoms with van der Waals surface area (Å²) in [6.45, 7) is -0.0795. The summed E-state index contributed by atoms with van der Waals surface area (Å²) in [6, 6.07) is 18.0. The van der Waals surface area contributed by atoms with Crippen molar-refractivity contribution < 1.29 is 19.8 Å². The second kappa shape index (κ2) is 7.38. The highest BCUT2D eigenvalue weighted by Gasteiger charge is 2.31. The molecule has 2 aromatic carbocycles. The number of hydrogen-bond acceptors (Lipinski definition) is 3. The SMILES string of the molecule is O=C(O)/C=C\C(=O)NCC(O)(c1ccccc1)c1ccccc1. The van der Waals surface area contributed by atoms with Gasteiger partial charge in [-0.15, -0.1) is 0 Å². The summed E-state index contributed by atoms with van der Waals surface area (Å²) in [7, 11) is 0. The number of aliphatic hydroxyl groups is 1. The maximum absolute atomic E-state index is 11.7. The van der Waals surface area contributed by atoms with E-state index in [4.69, 9.17) is 5.11 Å². The molecule has 5 nitrogen and oxygen atoms in total. The van der Waals surface area contributed by atoms with Crippen molar-refractivity contribution >= 4 is 11.9 Å². The molecule has 23 heavy (non-hydrogen) atoms. The number of carbonyl (C=O) groups excluding carboxylic acids is 1. The quantitative estimate of drug-likeness (QED) is 0.708. The Morgan fingerprint density at radius 2 is 1.39 bits per heavy atom. The summed E-state index contributed by atoms with van der Waals surface area (Å²) in [4.78, 5) is 22.1. The normalized spacial score (nSPS) is 11.3. The molecule has 0 bridgehead atoms. The lowest BCUT2D eigenvalue weighted by molar-refractivity contribution is -0.131. The monoisotopic (exact) mass is 311 g/mol. The summed E-state index contributed by atoms with van der Waals surface area (Å²) >= 11 is 0. The number of carbonyl (C=O) groups is 2. The topological polar surface area (TPSA) is 86.6 Å². The van der Waals surface area contributed by atoms with Crippen molar-refractivity contribution in [3.05, 3.63) is 83.9 Å². The largest absolute Gasteiger partial charge is 0.478 e. The number of benzene rings is 2. The van der Waals surface area contributed by atoms with Crippen LogP contribution in [0.5, 0.6) is 0 Å². The predicted octanol–water partition coefficient (Wildman–Crippen LogP) is 1.68. The summed E-state index contributed by atoms with van der Waals surface area (Å²) < 4.78 is 0. The van der Waals surface area contributed by atoms with Gasteiger partial charge in [0.15, 0.2) is 0 Å². The lowest BCUT2D eigenvalue weighted by atomic mass is 9.86. The van der Waals surface area contributed by atoms with Gasteiger partial charge in [0.25, 0.3) is 0 Å². The van der Waals surface area contributed by atoms with E-state index in [0.717, 1.165) is 12.2 Å². The summed E-state index contributed by atoms with van der Waals surface area (Å²) in [5, 5.41) is 22.2. The highest BCUT2D eigenvalue weighted by Crippen LogP contribution is 2.28. The van der Waals surface area contributed by atoms with E-state index in [1.54, 1.807) is 48.5 Å². The first-order valence-corrected chi connectivity index (χ1v) is 7.04. The molecule has 0 aromatic heterocycles. The highest BCUT2D eigenvalue weighted by molar-refractivity contribution is 5.93. The van der Waals surface area contributed by atoms with Crippen LogP contribution in [0.3, 0.4) is 0 Å². The molecule has 118 valence electrons. The van der Waals surface area contributed by atoms with Crippen molar-refractivity contribution in [1.82, 2.24) is 5.32 Å². The number of hydrogen-bond donors (Lipinski definition) is 3. The van der Waals surface area contributed by atoms with Crippen LogP contribution in [0.15, 0.2) is 72.8 Å². The molecule has 0 aliphatic carbocycles. The van der Waals surface area contributed by atoms with Gasteiger partial charge in [0.05, 0.1) is 6.54 Å². The van der Waals surface area contributed by atoms with E-state index >= 15 is 0 Å². The van der Waals surface area contributed by atoms with Gasteiger partial charge in [-0.25, -0.2) is 4.79 Å². The third-order valence-electron chi connectivity index (χ3n) is 3.40. The van der Waals surface area contributed by atoms with Gasteiger partial charge in [-0.1, -0.05) is 60.7 Å². The molecule has 0 unspecified atom stereocenters. The number of rotatable bonds is 6. The van der Waals surface area contributed by atoms with Crippen LogP contribution in [-0.4, -0.2) is 28.6 Å². The number of carboxylic acids is 1. The molecule has 0 saturated carbocycles. The lowest BCUT2D eigenvalue weighted by Crippen LogP contribution is -2.41. The molecule has 3 N–H and O–H groups in total. The maximum atomic E-state index is 11.7. The first-order valence-electron chi connectivity index (χ1n) is 7.04. The predicted molar refractivity (Wildman–Crippen MR) is 85.7 cm³/mol. The van der Waals surface area contributed by atoms with Crippen LogP contribution in [0.1, 0.15) is 11.1 Å². The Hall–Kier alpha value is -2.92. The zero-order chi connectivity index (χ0) is 16.7. The standard InChI is InChI=1S/C18H17NO4/c20-16(11-12-17(21)22)19-13-18(23,14-7-3-1-4-8-14)15-9-5-2-6-10-15/h1-12,23H,13H2,(H,19,20)(H,21,22)/b12-11-. The second-order valence-corrected chi connectivity index (χ2v) is 4.98. The van der Waals surface area contributed by atoms with Crippen LogP contribution >= 0.6 is 0 Å². The van der Waals surface area contributed by atoms with Crippen LogP contribution in [-0.2, 0) is 15.2 Å². The van der Waals surface area contributed by atoms with Crippen molar-refractivity contribution in [2.45, 2.75) is 5.60 Å². The summed E-state index contributed by atoms with van der Waals surface area (Å²) in [6.07, 6.45) is 1.66. The Labute approximate surface area is 133 Å².